The summed E-state index contributed by atoms with van der Waals surface area (Å²) < 4.78 is 5.59. The number of thioether (sulfide) groups is 1. The van der Waals surface area contributed by atoms with E-state index in [1.54, 1.807) is 0 Å². The van der Waals surface area contributed by atoms with Crippen LogP contribution in [0, 0.1) is 0 Å². The lowest BCUT2D eigenvalue weighted by Crippen LogP contribution is -2.46. The van der Waals surface area contributed by atoms with Crippen molar-refractivity contribution in [3.05, 3.63) is 35.5 Å². The number of likely N-dealkylation sites (N-methyl/N-ethyl adjacent to an activating group) is 1. The lowest BCUT2D eigenvalue weighted by Gasteiger charge is -2.33. The number of morpholine rings is 1. The number of rotatable bonds is 5. The van der Waals surface area contributed by atoms with Crippen LogP contribution in [0.3, 0.4) is 0 Å². The Morgan fingerprint density at radius 3 is 2.68 bits per heavy atom. The van der Waals surface area contributed by atoms with E-state index in [1.165, 1.54) is 10.6 Å². The van der Waals surface area contributed by atoms with Gasteiger partial charge < -0.3 is 19.6 Å². The second-order valence-electron chi connectivity index (χ2n) is 8.65. The number of aliphatic hydroxyl groups excluding tert-OH is 1. The van der Waals surface area contributed by atoms with Gasteiger partial charge in [-0.3, -0.25) is 4.90 Å². The minimum absolute atomic E-state index is 0.0258. The normalized spacial score (nSPS) is 22.6. The van der Waals surface area contributed by atoms with Gasteiger partial charge in [0.15, 0.2) is 5.82 Å². The molecule has 3 aliphatic heterocycles. The molecule has 0 spiro atoms. The van der Waals surface area contributed by atoms with E-state index in [4.69, 9.17) is 14.7 Å². The predicted octanol–water partition coefficient (Wildman–Crippen LogP) is 1.74. The average molecular weight is 442 g/mol. The lowest BCUT2D eigenvalue weighted by molar-refractivity contribution is 0.122. The van der Waals surface area contributed by atoms with Crippen LogP contribution in [0.15, 0.2) is 29.2 Å². The lowest BCUT2D eigenvalue weighted by atomic mass is 10.1. The molecular weight excluding hydrogens is 410 g/mol. The fourth-order valence-corrected chi connectivity index (χ4v) is 5.92. The van der Waals surface area contributed by atoms with Crippen LogP contribution in [0.5, 0.6) is 0 Å². The number of fused-ring (bicyclic) bond motifs is 1. The number of hydrogen-bond donors (Lipinski definition) is 1. The molecule has 8 heteroatoms. The SMILES string of the molecule is CN1CCN(CC2Cc3nc(-c4cccc(CO)c4)nc(N4CCOCC4)c3S2)CC1. The zero-order chi connectivity index (χ0) is 21.2. The Morgan fingerprint density at radius 2 is 1.90 bits per heavy atom. The van der Waals surface area contributed by atoms with Crippen molar-refractivity contribution in [1.29, 1.82) is 0 Å². The van der Waals surface area contributed by atoms with Crippen LogP contribution in [0.4, 0.5) is 5.82 Å². The van der Waals surface area contributed by atoms with Gasteiger partial charge in [-0.05, 0) is 18.7 Å². The molecule has 7 nitrogen and oxygen atoms in total. The summed E-state index contributed by atoms with van der Waals surface area (Å²) in [4.78, 5) is 18.7. The van der Waals surface area contributed by atoms with Crippen molar-refractivity contribution >= 4 is 17.6 Å². The van der Waals surface area contributed by atoms with Crippen molar-refractivity contribution < 1.29 is 9.84 Å². The highest BCUT2D eigenvalue weighted by molar-refractivity contribution is 8.00. The quantitative estimate of drug-likeness (QED) is 0.753. The molecule has 0 amide bonds. The summed E-state index contributed by atoms with van der Waals surface area (Å²) in [6, 6.07) is 7.93. The number of benzene rings is 1. The van der Waals surface area contributed by atoms with Gasteiger partial charge >= 0.3 is 0 Å². The molecule has 2 saturated heterocycles. The molecule has 4 heterocycles. The first-order valence-electron chi connectivity index (χ1n) is 11.2. The fraction of sp³-hybridized carbons (Fsp3) is 0.565. The fourth-order valence-electron chi connectivity index (χ4n) is 4.51. The molecule has 2 fully saturated rings. The third kappa shape index (κ3) is 4.73. The van der Waals surface area contributed by atoms with Crippen molar-refractivity contribution in [1.82, 2.24) is 19.8 Å². The summed E-state index contributed by atoms with van der Waals surface area (Å²) in [7, 11) is 2.20. The number of aromatic nitrogens is 2. The van der Waals surface area contributed by atoms with Crippen molar-refractivity contribution in [3.8, 4) is 11.4 Å². The summed E-state index contributed by atoms with van der Waals surface area (Å²) in [5, 5.41) is 10.1. The molecule has 31 heavy (non-hydrogen) atoms. The maximum Gasteiger partial charge on any atom is 0.161 e. The van der Waals surface area contributed by atoms with Gasteiger partial charge in [-0.2, -0.15) is 0 Å². The van der Waals surface area contributed by atoms with Gasteiger partial charge in [-0.1, -0.05) is 18.2 Å². The molecule has 1 N–H and O–H groups in total. The maximum atomic E-state index is 9.56. The van der Waals surface area contributed by atoms with Gasteiger partial charge in [-0.25, -0.2) is 9.97 Å². The van der Waals surface area contributed by atoms with E-state index in [0.29, 0.717) is 5.25 Å². The van der Waals surface area contributed by atoms with E-state index in [9.17, 15) is 5.11 Å². The highest BCUT2D eigenvalue weighted by atomic mass is 32.2. The largest absolute Gasteiger partial charge is 0.392 e. The zero-order valence-corrected chi connectivity index (χ0v) is 19.0. The maximum absolute atomic E-state index is 9.56. The molecule has 5 rings (SSSR count). The van der Waals surface area contributed by atoms with Gasteiger partial charge in [0, 0.05) is 63.0 Å². The summed E-state index contributed by atoms with van der Waals surface area (Å²) in [6.45, 7) is 8.92. The summed E-state index contributed by atoms with van der Waals surface area (Å²) >= 11 is 1.96. The standard InChI is InChI=1S/C23H31N5O2S/c1-26-5-7-27(8-6-26)15-19-14-20-21(31-19)23(28-9-11-30-12-10-28)25-22(24-20)18-4-2-3-17(13-18)16-29/h2-4,13,19,29H,5-12,14-16H2,1H3. The molecule has 0 aliphatic carbocycles. The van der Waals surface area contributed by atoms with Gasteiger partial charge in [0.05, 0.1) is 30.4 Å². The van der Waals surface area contributed by atoms with Crippen LogP contribution < -0.4 is 4.90 Å². The van der Waals surface area contributed by atoms with Crippen LogP contribution in [0.1, 0.15) is 11.3 Å². The molecule has 2 aromatic rings. The van der Waals surface area contributed by atoms with Crippen molar-refractivity contribution in [3.63, 3.8) is 0 Å². The number of hydrogen-bond acceptors (Lipinski definition) is 8. The van der Waals surface area contributed by atoms with Crippen molar-refractivity contribution in [2.75, 3.05) is 71.0 Å². The molecular formula is C23H31N5O2S. The summed E-state index contributed by atoms with van der Waals surface area (Å²) in [5.74, 6) is 1.82. The Balaban J connectivity index is 1.43. The Bertz CT molecular complexity index is 913. The third-order valence-electron chi connectivity index (χ3n) is 6.36. The number of ether oxygens (including phenoxy) is 1. The van der Waals surface area contributed by atoms with Crippen LogP contribution in [-0.4, -0.2) is 96.2 Å². The Labute approximate surface area is 188 Å². The summed E-state index contributed by atoms with van der Waals surface area (Å²) in [5.41, 5.74) is 3.03. The highest BCUT2D eigenvalue weighted by Gasteiger charge is 2.32. The molecule has 3 aliphatic rings. The molecule has 0 saturated carbocycles. The van der Waals surface area contributed by atoms with E-state index in [1.807, 2.05) is 36.0 Å². The predicted molar refractivity (Wildman–Crippen MR) is 124 cm³/mol. The highest BCUT2D eigenvalue weighted by Crippen LogP contribution is 2.43. The Kier molecular flexibility index (Phi) is 6.43. The van der Waals surface area contributed by atoms with Crippen LogP contribution >= 0.6 is 11.8 Å². The van der Waals surface area contributed by atoms with Crippen LogP contribution in [-0.2, 0) is 17.8 Å². The molecule has 1 aromatic heterocycles. The van der Waals surface area contributed by atoms with E-state index in [0.717, 1.165) is 88.2 Å². The van der Waals surface area contributed by atoms with E-state index in [2.05, 4.69) is 21.7 Å². The molecule has 1 aromatic carbocycles. The van der Waals surface area contributed by atoms with Crippen molar-refractivity contribution in [2.45, 2.75) is 23.2 Å². The van der Waals surface area contributed by atoms with E-state index < -0.39 is 0 Å². The number of piperazine rings is 1. The number of anilines is 1. The van der Waals surface area contributed by atoms with Gasteiger partial charge in [0.2, 0.25) is 0 Å². The first kappa shape index (κ1) is 21.2. The summed E-state index contributed by atoms with van der Waals surface area (Å²) in [6.07, 6.45) is 0.985. The zero-order valence-electron chi connectivity index (χ0n) is 18.2. The smallest absolute Gasteiger partial charge is 0.161 e. The van der Waals surface area contributed by atoms with Crippen LogP contribution in [0.25, 0.3) is 11.4 Å². The molecule has 1 atom stereocenters. The van der Waals surface area contributed by atoms with Gasteiger partial charge in [0.25, 0.3) is 0 Å². The average Bonchev–Trinajstić information content (AvgIpc) is 3.23. The molecule has 166 valence electrons. The topological polar surface area (TPSA) is 65.0 Å². The minimum atomic E-state index is 0.0258. The first-order chi connectivity index (χ1) is 15.2. The second-order valence-corrected chi connectivity index (χ2v) is 9.96. The Hall–Kier alpha value is -1.71. The third-order valence-corrected chi connectivity index (χ3v) is 7.66. The minimum Gasteiger partial charge on any atom is -0.392 e. The second kappa shape index (κ2) is 9.42. The molecule has 0 bridgehead atoms. The number of aliphatic hydroxyl groups is 1. The van der Waals surface area contributed by atoms with Crippen molar-refractivity contribution in [2.24, 2.45) is 0 Å². The van der Waals surface area contributed by atoms with Gasteiger partial charge in [-0.15, -0.1) is 11.8 Å². The van der Waals surface area contributed by atoms with Gasteiger partial charge in [0.1, 0.15) is 5.82 Å². The first-order valence-corrected chi connectivity index (χ1v) is 12.1. The van der Waals surface area contributed by atoms with Crippen LogP contribution in [0.2, 0.25) is 0 Å². The van der Waals surface area contributed by atoms with E-state index >= 15 is 0 Å². The molecule has 1 unspecified atom stereocenters. The monoisotopic (exact) mass is 441 g/mol. The van der Waals surface area contributed by atoms with E-state index in [-0.39, 0.29) is 6.61 Å². The Morgan fingerprint density at radius 1 is 1.10 bits per heavy atom. The molecule has 0 radical (unpaired) electrons. The number of nitrogens with zero attached hydrogens (tertiary/aromatic N) is 5.